The summed E-state index contributed by atoms with van der Waals surface area (Å²) in [6.45, 7) is 5.65. The summed E-state index contributed by atoms with van der Waals surface area (Å²) >= 11 is 0. The number of hydrogen-bond acceptors (Lipinski definition) is 4. The zero-order valence-electron chi connectivity index (χ0n) is 15.3. The predicted molar refractivity (Wildman–Crippen MR) is 97.9 cm³/mol. The molecule has 1 unspecified atom stereocenters. The van der Waals surface area contributed by atoms with Gasteiger partial charge in [0.15, 0.2) is 11.5 Å². The summed E-state index contributed by atoms with van der Waals surface area (Å²) < 4.78 is 17.0. The monoisotopic (exact) mass is 335 g/mol. The molecule has 136 valence electrons. The first kappa shape index (κ1) is 19.1. The third-order valence-electron chi connectivity index (χ3n) is 4.46. The lowest BCUT2D eigenvalue weighted by atomic mass is 10.1. The molecule has 24 heavy (non-hydrogen) atoms. The summed E-state index contributed by atoms with van der Waals surface area (Å²) in [7, 11) is 1.69. The molecule has 0 spiro atoms. The van der Waals surface area contributed by atoms with Crippen LogP contribution in [0.4, 0.5) is 0 Å². The van der Waals surface area contributed by atoms with Crippen LogP contribution in [0.3, 0.4) is 0 Å². The topological polar surface area (TPSA) is 39.7 Å². The van der Waals surface area contributed by atoms with Gasteiger partial charge in [0.25, 0.3) is 0 Å². The van der Waals surface area contributed by atoms with Gasteiger partial charge in [-0.1, -0.05) is 38.7 Å². The summed E-state index contributed by atoms with van der Waals surface area (Å²) in [5.41, 5.74) is 1.23. The Labute approximate surface area is 146 Å². The van der Waals surface area contributed by atoms with Crippen molar-refractivity contribution in [3.05, 3.63) is 23.8 Å². The van der Waals surface area contributed by atoms with Gasteiger partial charge in [-0.15, -0.1) is 0 Å². The minimum atomic E-state index is 0.226. The van der Waals surface area contributed by atoms with Crippen LogP contribution in [0.5, 0.6) is 11.5 Å². The van der Waals surface area contributed by atoms with Crippen molar-refractivity contribution in [1.29, 1.82) is 0 Å². The summed E-state index contributed by atoms with van der Waals surface area (Å²) in [6.07, 6.45) is 9.02. The van der Waals surface area contributed by atoms with Gasteiger partial charge >= 0.3 is 0 Å². The number of unbranched alkanes of at least 4 members (excludes halogenated alkanes) is 4. The maximum atomic E-state index is 5.88. The zero-order chi connectivity index (χ0) is 17.0. The molecule has 1 saturated heterocycles. The van der Waals surface area contributed by atoms with Crippen molar-refractivity contribution >= 4 is 0 Å². The summed E-state index contributed by atoms with van der Waals surface area (Å²) in [4.78, 5) is 0. The molecule has 1 aliphatic heterocycles. The Balaban J connectivity index is 1.71. The van der Waals surface area contributed by atoms with Crippen molar-refractivity contribution in [2.45, 2.75) is 64.5 Å². The zero-order valence-corrected chi connectivity index (χ0v) is 15.3. The molecule has 1 heterocycles. The Bertz CT molecular complexity index is 458. The van der Waals surface area contributed by atoms with Gasteiger partial charge in [0.05, 0.1) is 13.2 Å². The highest BCUT2D eigenvalue weighted by Crippen LogP contribution is 2.29. The first-order valence-corrected chi connectivity index (χ1v) is 9.45. The quantitative estimate of drug-likeness (QED) is 0.578. The van der Waals surface area contributed by atoms with E-state index in [1.54, 1.807) is 7.11 Å². The van der Waals surface area contributed by atoms with E-state index in [4.69, 9.17) is 14.2 Å². The molecule has 1 atom stereocenters. The van der Waals surface area contributed by atoms with Crippen LogP contribution >= 0.6 is 0 Å². The van der Waals surface area contributed by atoms with Crippen molar-refractivity contribution in [2.24, 2.45) is 0 Å². The van der Waals surface area contributed by atoms with Crippen LogP contribution < -0.4 is 14.8 Å². The third kappa shape index (κ3) is 6.70. The summed E-state index contributed by atoms with van der Waals surface area (Å²) in [6, 6.07) is 6.18. The molecule has 0 bridgehead atoms. The molecule has 4 nitrogen and oxygen atoms in total. The minimum absolute atomic E-state index is 0.226. The predicted octanol–water partition coefficient (Wildman–Crippen LogP) is 4.31. The first-order chi connectivity index (χ1) is 11.8. The van der Waals surface area contributed by atoms with Gasteiger partial charge in [-0.3, -0.25) is 0 Å². The van der Waals surface area contributed by atoms with Gasteiger partial charge in [-0.25, -0.2) is 0 Å². The van der Waals surface area contributed by atoms with E-state index < -0.39 is 0 Å². The lowest BCUT2D eigenvalue weighted by molar-refractivity contribution is 0.0669. The Morgan fingerprint density at radius 2 is 2.04 bits per heavy atom. The molecule has 0 aromatic heterocycles. The number of methoxy groups -OCH3 is 1. The third-order valence-corrected chi connectivity index (χ3v) is 4.46. The molecule has 0 radical (unpaired) electrons. The van der Waals surface area contributed by atoms with E-state index in [1.165, 1.54) is 37.7 Å². The number of nitrogens with one attached hydrogen (secondary N) is 1. The van der Waals surface area contributed by atoms with E-state index in [0.29, 0.717) is 6.61 Å². The van der Waals surface area contributed by atoms with Crippen LogP contribution in [0.25, 0.3) is 0 Å². The number of hydrogen-bond donors (Lipinski definition) is 1. The van der Waals surface area contributed by atoms with E-state index in [-0.39, 0.29) is 6.10 Å². The van der Waals surface area contributed by atoms with Crippen LogP contribution in [0.2, 0.25) is 0 Å². The fourth-order valence-corrected chi connectivity index (χ4v) is 2.99. The second kappa shape index (κ2) is 11.3. The van der Waals surface area contributed by atoms with Crippen molar-refractivity contribution < 1.29 is 14.2 Å². The van der Waals surface area contributed by atoms with Crippen molar-refractivity contribution in [3.8, 4) is 11.5 Å². The molecule has 0 aliphatic carbocycles. The molecule has 0 saturated carbocycles. The second-order valence-corrected chi connectivity index (χ2v) is 6.52. The molecule has 2 rings (SSSR count). The Hall–Kier alpha value is -1.26. The maximum absolute atomic E-state index is 5.88. The van der Waals surface area contributed by atoms with Crippen molar-refractivity contribution in [1.82, 2.24) is 5.32 Å². The summed E-state index contributed by atoms with van der Waals surface area (Å²) in [5, 5.41) is 3.51. The molecule has 1 aromatic rings. The van der Waals surface area contributed by atoms with E-state index >= 15 is 0 Å². The van der Waals surface area contributed by atoms with Gasteiger partial charge in [0, 0.05) is 13.2 Å². The molecular formula is C20H33NO3. The molecular weight excluding hydrogens is 302 g/mol. The lowest BCUT2D eigenvalue weighted by Gasteiger charge is -2.15. The van der Waals surface area contributed by atoms with E-state index in [1.807, 2.05) is 6.07 Å². The SMILES string of the molecule is CCCCCCCNCc1ccc(OCC2CCCO2)c(OC)c1. The Morgan fingerprint density at radius 3 is 2.79 bits per heavy atom. The molecule has 1 aliphatic rings. The van der Waals surface area contributed by atoms with Crippen molar-refractivity contribution in [2.75, 3.05) is 26.9 Å². The van der Waals surface area contributed by atoms with E-state index in [9.17, 15) is 0 Å². The Morgan fingerprint density at radius 1 is 1.17 bits per heavy atom. The van der Waals surface area contributed by atoms with Gasteiger partial charge in [-0.2, -0.15) is 0 Å². The van der Waals surface area contributed by atoms with E-state index in [0.717, 1.165) is 44.0 Å². The normalized spacial score (nSPS) is 17.2. The van der Waals surface area contributed by atoms with Crippen LogP contribution in [-0.2, 0) is 11.3 Å². The fourth-order valence-electron chi connectivity index (χ4n) is 2.99. The summed E-state index contributed by atoms with van der Waals surface area (Å²) in [5.74, 6) is 1.60. The highest BCUT2D eigenvalue weighted by atomic mass is 16.5. The average Bonchev–Trinajstić information content (AvgIpc) is 3.13. The number of ether oxygens (including phenoxy) is 3. The van der Waals surface area contributed by atoms with Gasteiger partial charge in [0.1, 0.15) is 6.61 Å². The fraction of sp³-hybridized carbons (Fsp3) is 0.700. The molecule has 4 heteroatoms. The maximum Gasteiger partial charge on any atom is 0.161 e. The second-order valence-electron chi connectivity index (χ2n) is 6.52. The highest BCUT2D eigenvalue weighted by Gasteiger charge is 2.17. The van der Waals surface area contributed by atoms with Crippen molar-refractivity contribution in [3.63, 3.8) is 0 Å². The number of benzene rings is 1. The number of rotatable bonds is 12. The highest BCUT2D eigenvalue weighted by molar-refractivity contribution is 5.43. The molecule has 1 fully saturated rings. The largest absolute Gasteiger partial charge is 0.493 e. The van der Waals surface area contributed by atoms with Gasteiger partial charge in [-0.05, 0) is 43.5 Å². The van der Waals surface area contributed by atoms with Crippen LogP contribution in [-0.4, -0.2) is 33.0 Å². The minimum Gasteiger partial charge on any atom is -0.493 e. The first-order valence-electron chi connectivity index (χ1n) is 9.45. The van der Waals surface area contributed by atoms with Gasteiger partial charge < -0.3 is 19.5 Å². The van der Waals surface area contributed by atoms with Crippen LogP contribution in [0, 0.1) is 0 Å². The standard InChI is InChI=1S/C20H33NO3/c1-3-4-5-6-7-12-21-15-17-10-11-19(20(14-17)22-2)24-16-18-9-8-13-23-18/h10-11,14,18,21H,3-9,12-13,15-16H2,1-2H3. The molecule has 1 N–H and O–H groups in total. The Kier molecular flexibility index (Phi) is 9.00. The average molecular weight is 335 g/mol. The van der Waals surface area contributed by atoms with Crippen LogP contribution in [0.15, 0.2) is 18.2 Å². The molecule has 1 aromatic carbocycles. The van der Waals surface area contributed by atoms with Gasteiger partial charge in [0.2, 0.25) is 0 Å². The van der Waals surface area contributed by atoms with Crippen LogP contribution in [0.1, 0.15) is 57.4 Å². The molecule has 0 amide bonds. The van der Waals surface area contributed by atoms with E-state index in [2.05, 4.69) is 24.4 Å². The smallest absolute Gasteiger partial charge is 0.161 e. The lowest BCUT2D eigenvalue weighted by Crippen LogP contribution is -2.17.